The number of halogens is 1. The second kappa shape index (κ2) is 7.31. The maximum absolute atomic E-state index is 11.6. The van der Waals surface area contributed by atoms with Crippen molar-refractivity contribution in [1.29, 1.82) is 0 Å². The van der Waals surface area contributed by atoms with Crippen molar-refractivity contribution in [1.82, 2.24) is 19.8 Å². The Bertz CT molecular complexity index is 982. The van der Waals surface area contributed by atoms with Crippen LogP contribution in [0.5, 0.6) is 0 Å². The van der Waals surface area contributed by atoms with Crippen molar-refractivity contribution in [2.45, 2.75) is 19.5 Å². The fourth-order valence-electron chi connectivity index (χ4n) is 3.57. The number of benzene rings is 1. The molecule has 1 atom stereocenters. The van der Waals surface area contributed by atoms with Gasteiger partial charge in [0, 0.05) is 37.8 Å². The summed E-state index contributed by atoms with van der Waals surface area (Å²) in [6.45, 7) is 6.31. The van der Waals surface area contributed by atoms with E-state index in [0.29, 0.717) is 16.6 Å². The molecule has 2 aromatic heterocycles. The van der Waals surface area contributed by atoms with Gasteiger partial charge in [0.05, 0.1) is 16.2 Å². The van der Waals surface area contributed by atoms with Crippen molar-refractivity contribution in [3.8, 4) is 11.3 Å². The number of piperazine rings is 1. The Morgan fingerprint density at radius 1 is 1.30 bits per heavy atom. The Labute approximate surface area is 162 Å². The van der Waals surface area contributed by atoms with Gasteiger partial charge in [0.1, 0.15) is 5.69 Å². The van der Waals surface area contributed by atoms with Crippen LogP contribution in [0.1, 0.15) is 23.0 Å². The minimum Gasteiger partial charge on any atom is -0.364 e. The first kappa shape index (κ1) is 18.0. The predicted octanol–water partition coefficient (Wildman–Crippen LogP) is 2.55. The summed E-state index contributed by atoms with van der Waals surface area (Å²) in [6, 6.07) is 14.2. The van der Waals surface area contributed by atoms with Crippen LogP contribution in [0.15, 0.2) is 42.5 Å². The predicted molar refractivity (Wildman–Crippen MR) is 107 cm³/mol. The fraction of sp³-hybridized carbons (Fsp3) is 0.300. The van der Waals surface area contributed by atoms with Gasteiger partial charge in [0.25, 0.3) is 5.91 Å². The third-order valence-corrected chi connectivity index (χ3v) is 5.24. The molecule has 0 aliphatic carbocycles. The lowest BCUT2D eigenvalue weighted by Gasteiger charge is -2.31. The molecule has 7 heteroatoms. The van der Waals surface area contributed by atoms with Crippen LogP contribution >= 0.6 is 11.6 Å². The van der Waals surface area contributed by atoms with E-state index in [9.17, 15) is 4.79 Å². The molecule has 3 heterocycles. The number of carbonyl (C=O) groups is 1. The highest BCUT2D eigenvalue weighted by Crippen LogP contribution is 2.25. The Morgan fingerprint density at radius 3 is 2.78 bits per heavy atom. The molecule has 140 valence electrons. The summed E-state index contributed by atoms with van der Waals surface area (Å²) in [5, 5.41) is 8.48. The zero-order valence-electron chi connectivity index (χ0n) is 15.2. The molecular formula is C20H22ClN5O. The molecule has 1 fully saturated rings. The summed E-state index contributed by atoms with van der Waals surface area (Å²) in [7, 11) is 0. The van der Waals surface area contributed by atoms with Crippen LogP contribution in [0.3, 0.4) is 0 Å². The molecule has 1 unspecified atom stereocenters. The summed E-state index contributed by atoms with van der Waals surface area (Å²) in [5.74, 6) is -0.554. The largest absolute Gasteiger partial charge is 0.364 e. The zero-order chi connectivity index (χ0) is 19.0. The highest BCUT2D eigenvalue weighted by Gasteiger charge is 2.16. The van der Waals surface area contributed by atoms with Gasteiger partial charge in [-0.25, -0.2) is 4.52 Å². The highest BCUT2D eigenvalue weighted by atomic mass is 35.5. The second-order valence-corrected chi connectivity index (χ2v) is 7.45. The second-order valence-electron chi connectivity index (χ2n) is 7.04. The molecule has 0 spiro atoms. The van der Waals surface area contributed by atoms with E-state index in [1.807, 2.05) is 12.1 Å². The van der Waals surface area contributed by atoms with Crippen LogP contribution < -0.4 is 11.1 Å². The lowest BCUT2D eigenvalue weighted by Crippen LogP contribution is -2.48. The molecule has 1 aromatic carbocycles. The van der Waals surface area contributed by atoms with E-state index in [-0.39, 0.29) is 5.69 Å². The van der Waals surface area contributed by atoms with E-state index in [1.165, 1.54) is 10.1 Å². The number of amides is 1. The molecule has 0 bridgehead atoms. The molecule has 1 aliphatic rings. The smallest absolute Gasteiger partial charge is 0.267 e. The quantitative estimate of drug-likeness (QED) is 0.726. The van der Waals surface area contributed by atoms with Gasteiger partial charge in [0.2, 0.25) is 0 Å². The van der Waals surface area contributed by atoms with E-state index in [2.05, 4.69) is 46.5 Å². The molecule has 4 rings (SSSR count). The van der Waals surface area contributed by atoms with Crippen LogP contribution in [0.2, 0.25) is 5.02 Å². The number of nitrogens with two attached hydrogens (primary N) is 1. The van der Waals surface area contributed by atoms with Crippen molar-refractivity contribution in [2.75, 3.05) is 19.6 Å². The number of nitrogens with zero attached hydrogens (tertiary/aromatic N) is 3. The molecule has 1 aliphatic heterocycles. The molecular weight excluding hydrogens is 362 g/mol. The van der Waals surface area contributed by atoms with Crippen molar-refractivity contribution in [3.63, 3.8) is 0 Å². The van der Waals surface area contributed by atoms with Gasteiger partial charge in [-0.2, -0.15) is 5.10 Å². The maximum Gasteiger partial charge on any atom is 0.267 e. The SMILES string of the molecule is CC1CN(Cc2ccc(-c3ccc4c(Cl)cc(C(N)=O)n4n3)cc2)CCN1. The molecule has 6 nitrogen and oxygen atoms in total. The lowest BCUT2D eigenvalue weighted by molar-refractivity contribution is 0.0994. The lowest BCUT2D eigenvalue weighted by atomic mass is 10.1. The molecule has 3 aromatic rings. The number of aromatic nitrogens is 2. The number of hydrogen-bond acceptors (Lipinski definition) is 4. The summed E-state index contributed by atoms with van der Waals surface area (Å²) in [4.78, 5) is 14.1. The van der Waals surface area contributed by atoms with Gasteiger partial charge in [-0.3, -0.25) is 9.69 Å². The summed E-state index contributed by atoms with van der Waals surface area (Å²) < 4.78 is 1.51. The Hall–Kier alpha value is -2.41. The standard InChI is InChI=1S/C20H22ClN5O/c1-13-11-25(9-8-23-13)12-14-2-4-15(5-3-14)17-6-7-18-16(21)10-19(20(22)27)26(18)24-17/h2-7,10,13,23H,8-9,11-12H2,1H3,(H2,22,27). The molecule has 1 amide bonds. The first-order valence-corrected chi connectivity index (χ1v) is 9.42. The summed E-state index contributed by atoms with van der Waals surface area (Å²) >= 11 is 6.17. The van der Waals surface area contributed by atoms with Gasteiger partial charge >= 0.3 is 0 Å². The summed E-state index contributed by atoms with van der Waals surface area (Å²) in [5.41, 5.74) is 9.40. The molecule has 27 heavy (non-hydrogen) atoms. The Morgan fingerprint density at radius 2 is 2.07 bits per heavy atom. The topological polar surface area (TPSA) is 75.7 Å². The van der Waals surface area contributed by atoms with Gasteiger partial charge in [-0.1, -0.05) is 35.9 Å². The van der Waals surface area contributed by atoms with Crippen molar-refractivity contribution in [3.05, 3.63) is 58.7 Å². The van der Waals surface area contributed by atoms with Crippen molar-refractivity contribution >= 4 is 23.0 Å². The van der Waals surface area contributed by atoms with Crippen molar-refractivity contribution in [2.24, 2.45) is 5.73 Å². The molecule has 3 N–H and O–H groups in total. The minimum absolute atomic E-state index is 0.279. The molecule has 0 radical (unpaired) electrons. The van der Waals surface area contributed by atoms with Crippen LogP contribution in [0.25, 0.3) is 16.8 Å². The van der Waals surface area contributed by atoms with Crippen molar-refractivity contribution < 1.29 is 4.79 Å². The third-order valence-electron chi connectivity index (χ3n) is 4.93. The number of primary amides is 1. The molecule has 0 saturated carbocycles. The first-order valence-electron chi connectivity index (χ1n) is 9.04. The maximum atomic E-state index is 11.6. The monoisotopic (exact) mass is 383 g/mol. The minimum atomic E-state index is -0.554. The number of carbonyl (C=O) groups excluding carboxylic acids is 1. The number of hydrogen-bond donors (Lipinski definition) is 2. The fourth-order valence-corrected chi connectivity index (χ4v) is 3.81. The van der Waals surface area contributed by atoms with E-state index in [0.717, 1.165) is 37.4 Å². The number of nitrogens with one attached hydrogen (secondary N) is 1. The average molecular weight is 384 g/mol. The van der Waals surface area contributed by atoms with E-state index in [4.69, 9.17) is 17.3 Å². The highest BCUT2D eigenvalue weighted by molar-refractivity contribution is 6.34. The van der Waals surface area contributed by atoms with Gasteiger partial charge in [0.15, 0.2) is 0 Å². The van der Waals surface area contributed by atoms with Gasteiger partial charge in [-0.05, 0) is 30.7 Å². The normalized spacial score (nSPS) is 18.1. The molecule has 1 saturated heterocycles. The van der Waals surface area contributed by atoms with Gasteiger partial charge in [-0.15, -0.1) is 0 Å². The Kier molecular flexibility index (Phi) is 4.86. The van der Waals surface area contributed by atoms with E-state index >= 15 is 0 Å². The van der Waals surface area contributed by atoms with Crippen LogP contribution in [0.4, 0.5) is 0 Å². The van der Waals surface area contributed by atoms with E-state index in [1.54, 1.807) is 6.07 Å². The first-order chi connectivity index (χ1) is 13.0. The van der Waals surface area contributed by atoms with E-state index < -0.39 is 5.91 Å². The summed E-state index contributed by atoms with van der Waals surface area (Å²) in [6.07, 6.45) is 0. The van der Waals surface area contributed by atoms with Crippen LogP contribution in [-0.2, 0) is 6.54 Å². The number of fused-ring (bicyclic) bond motifs is 1. The Balaban J connectivity index is 1.58. The van der Waals surface area contributed by atoms with Gasteiger partial charge < -0.3 is 11.1 Å². The number of rotatable bonds is 4. The third kappa shape index (κ3) is 3.69. The van der Waals surface area contributed by atoms with Crippen LogP contribution in [-0.4, -0.2) is 46.1 Å². The van der Waals surface area contributed by atoms with Crippen LogP contribution in [0, 0.1) is 0 Å². The average Bonchev–Trinajstić information content (AvgIpc) is 2.99. The zero-order valence-corrected chi connectivity index (χ0v) is 15.9.